The van der Waals surface area contributed by atoms with Crippen molar-refractivity contribution in [3.8, 4) is 17.2 Å². The Kier molecular flexibility index (Phi) is 12.1. The molecular weight excluding hydrogens is 617 g/mol. The highest BCUT2D eigenvalue weighted by Gasteiger charge is 2.43. The van der Waals surface area contributed by atoms with Crippen LogP contribution in [0.5, 0.6) is 17.2 Å². The maximum Gasteiger partial charge on any atom is 0.273 e. The number of hydrogen-bond acceptors (Lipinski definition) is 9. The lowest BCUT2D eigenvalue weighted by molar-refractivity contribution is 0.0731. The van der Waals surface area contributed by atoms with Crippen LogP contribution in [0.25, 0.3) is 0 Å². The highest BCUT2D eigenvalue weighted by atomic mass is 28.4. The number of epoxide rings is 3. The van der Waals surface area contributed by atoms with Crippen LogP contribution in [0, 0.1) is 0 Å². The van der Waals surface area contributed by atoms with E-state index in [1.54, 1.807) is 0 Å². The van der Waals surface area contributed by atoms with Gasteiger partial charge in [0.1, 0.15) is 29.8 Å². The largest absolute Gasteiger partial charge is 0.539 e. The molecule has 0 amide bonds. The Morgan fingerprint density at radius 2 is 0.977 bits per heavy atom. The zero-order valence-corrected chi connectivity index (χ0v) is 31.7. The average Bonchev–Trinajstić information content (AvgIpc) is 3.78. The number of ether oxygens (including phenoxy) is 6. The summed E-state index contributed by atoms with van der Waals surface area (Å²) in [4.78, 5) is 0. The molecule has 3 aliphatic heterocycles. The fourth-order valence-corrected chi connectivity index (χ4v) is 12.8. The zero-order chi connectivity index (χ0) is 31.4. The SMILES string of the molecule is CCC(OCC1CO1)[Si](C)(C)Oc1ccc([Si])c(O[Si](C)(C)C(CC)OCC2CO2)c1O[Si](C)(C)C(CC)OCC1CO1. The van der Waals surface area contributed by atoms with Crippen molar-refractivity contribution in [1.29, 1.82) is 0 Å². The van der Waals surface area contributed by atoms with E-state index in [9.17, 15) is 0 Å². The Morgan fingerprint density at radius 1 is 0.628 bits per heavy atom. The fraction of sp³-hybridized carbons (Fsp3) is 0.800. The molecule has 0 bridgehead atoms. The molecule has 13 heteroatoms. The van der Waals surface area contributed by atoms with Crippen LogP contribution in [0.1, 0.15) is 40.0 Å². The Balaban J connectivity index is 1.65. The zero-order valence-electron chi connectivity index (χ0n) is 27.7. The molecule has 3 saturated heterocycles. The Bertz CT molecular complexity index is 1040. The van der Waals surface area contributed by atoms with Gasteiger partial charge < -0.3 is 41.7 Å². The summed E-state index contributed by atoms with van der Waals surface area (Å²) >= 11 is 0. The van der Waals surface area contributed by atoms with Gasteiger partial charge in [-0.25, -0.2) is 0 Å². The summed E-state index contributed by atoms with van der Waals surface area (Å²) in [6, 6.07) is 3.99. The quantitative estimate of drug-likeness (QED) is 0.139. The second-order valence-electron chi connectivity index (χ2n) is 13.4. The molecule has 3 aliphatic rings. The lowest BCUT2D eigenvalue weighted by atomic mass is 10.3. The molecule has 6 unspecified atom stereocenters. The molecule has 0 aromatic heterocycles. The van der Waals surface area contributed by atoms with Gasteiger partial charge in [0.15, 0.2) is 5.75 Å². The van der Waals surface area contributed by atoms with Crippen LogP contribution < -0.4 is 18.5 Å². The first-order chi connectivity index (χ1) is 20.3. The number of hydrogen-bond donors (Lipinski definition) is 0. The number of rotatable bonds is 21. The van der Waals surface area contributed by atoms with E-state index in [2.05, 4.69) is 70.3 Å². The molecule has 243 valence electrons. The van der Waals surface area contributed by atoms with Gasteiger partial charge in [0.2, 0.25) is 0 Å². The average molecular weight is 670 g/mol. The molecule has 0 aliphatic carbocycles. The maximum absolute atomic E-state index is 7.10. The standard InChI is InChI=1S/C30H53O9Si4/c1-10-26(34-18-21-15-31-21)41(4,5)37-24-13-14-25(40)30(39-43(8,9)28(12-3)36-20-23-17-33-23)29(24)38-42(6,7)27(11-2)35-19-22-16-32-22/h13-14,21-23,26-28H,10-12,15-20H2,1-9H3. The molecule has 9 nitrogen and oxygen atoms in total. The summed E-state index contributed by atoms with van der Waals surface area (Å²) in [5.41, 5.74) is -0.0354. The summed E-state index contributed by atoms with van der Waals surface area (Å²) < 4.78 is 56.3. The topological polar surface area (TPSA) is 93.0 Å². The molecule has 1 aromatic rings. The monoisotopic (exact) mass is 669 g/mol. The van der Waals surface area contributed by atoms with E-state index in [1.165, 1.54) is 0 Å². The van der Waals surface area contributed by atoms with Crippen molar-refractivity contribution in [1.82, 2.24) is 0 Å². The molecule has 0 spiro atoms. The first-order valence-electron chi connectivity index (χ1n) is 15.9. The highest BCUT2D eigenvalue weighted by Crippen LogP contribution is 2.42. The molecule has 0 N–H and O–H groups in total. The lowest BCUT2D eigenvalue weighted by Crippen LogP contribution is -2.52. The fourth-order valence-electron chi connectivity index (χ4n) is 5.42. The van der Waals surface area contributed by atoms with Crippen LogP contribution >= 0.6 is 0 Å². The first-order valence-corrected chi connectivity index (χ1v) is 25.4. The van der Waals surface area contributed by atoms with Crippen LogP contribution in [0.3, 0.4) is 0 Å². The molecule has 3 fully saturated rings. The lowest BCUT2D eigenvalue weighted by Gasteiger charge is -2.38. The van der Waals surface area contributed by atoms with Crippen LogP contribution in [0.2, 0.25) is 39.3 Å². The summed E-state index contributed by atoms with van der Waals surface area (Å²) in [6.45, 7) is 23.8. The minimum atomic E-state index is -2.49. The van der Waals surface area contributed by atoms with Gasteiger partial charge in [0, 0.05) is 0 Å². The van der Waals surface area contributed by atoms with Gasteiger partial charge in [-0.05, 0) is 69.8 Å². The van der Waals surface area contributed by atoms with Crippen LogP contribution in [-0.4, -0.2) is 110 Å². The van der Waals surface area contributed by atoms with Gasteiger partial charge in [-0.3, -0.25) is 0 Å². The van der Waals surface area contributed by atoms with Crippen molar-refractivity contribution in [2.24, 2.45) is 0 Å². The van der Waals surface area contributed by atoms with E-state index in [4.69, 9.17) is 41.7 Å². The maximum atomic E-state index is 7.10. The van der Waals surface area contributed by atoms with Gasteiger partial charge in [0.25, 0.3) is 25.0 Å². The van der Waals surface area contributed by atoms with Crippen LogP contribution in [0.15, 0.2) is 12.1 Å². The van der Waals surface area contributed by atoms with Crippen molar-refractivity contribution in [2.75, 3.05) is 39.6 Å². The van der Waals surface area contributed by atoms with Crippen molar-refractivity contribution >= 4 is 40.4 Å². The van der Waals surface area contributed by atoms with Crippen molar-refractivity contribution in [2.45, 2.75) is 115 Å². The van der Waals surface area contributed by atoms with E-state index >= 15 is 0 Å². The van der Waals surface area contributed by atoms with E-state index in [1.807, 2.05) is 12.1 Å². The Hall–Kier alpha value is -0.752. The normalized spacial score (nSPS) is 23.8. The molecular formula is C30H53O9Si4. The summed E-state index contributed by atoms with van der Waals surface area (Å²) in [5, 5.41) is 0.821. The molecule has 4 rings (SSSR count). The molecule has 6 atom stereocenters. The first kappa shape index (κ1) is 35.1. The van der Waals surface area contributed by atoms with Crippen molar-refractivity contribution < 1.29 is 41.7 Å². The van der Waals surface area contributed by atoms with Gasteiger partial charge in [0.05, 0.1) is 67.1 Å². The van der Waals surface area contributed by atoms with E-state index < -0.39 is 25.0 Å². The highest BCUT2D eigenvalue weighted by molar-refractivity contribution is 6.74. The van der Waals surface area contributed by atoms with E-state index in [-0.39, 0.29) is 35.5 Å². The smallest absolute Gasteiger partial charge is 0.273 e. The van der Waals surface area contributed by atoms with Crippen LogP contribution in [0.4, 0.5) is 0 Å². The summed E-state index contributed by atoms with van der Waals surface area (Å²) in [5.74, 6) is 1.99. The summed E-state index contributed by atoms with van der Waals surface area (Å²) in [6.07, 6.45) is 3.15. The predicted octanol–water partition coefficient (Wildman–Crippen LogP) is 4.43. The van der Waals surface area contributed by atoms with Gasteiger partial charge in [-0.1, -0.05) is 26.8 Å². The molecule has 1 aromatic carbocycles. The summed E-state index contributed by atoms with van der Waals surface area (Å²) in [7, 11) is -3.47. The van der Waals surface area contributed by atoms with Gasteiger partial charge >= 0.3 is 0 Å². The minimum absolute atomic E-state index is 0.000877. The van der Waals surface area contributed by atoms with Crippen LogP contribution in [-0.2, 0) is 28.4 Å². The third-order valence-corrected chi connectivity index (χ3v) is 17.3. The number of benzene rings is 1. The van der Waals surface area contributed by atoms with Crippen molar-refractivity contribution in [3.05, 3.63) is 12.1 Å². The Morgan fingerprint density at radius 3 is 1.33 bits per heavy atom. The van der Waals surface area contributed by atoms with Crippen molar-refractivity contribution in [3.63, 3.8) is 0 Å². The minimum Gasteiger partial charge on any atom is -0.539 e. The molecule has 3 radical (unpaired) electrons. The second-order valence-corrected chi connectivity index (χ2v) is 26.1. The second kappa shape index (κ2) is 14.8. The molecule has 3 heterocycles. The predicted molar refractivity (Wildman–Crippen MR) is 175 cm³/mol. The third kappa shape index (κ3) is 10.1. The van der Waals surface area contributed by atoms with E-state index in [0.717, 1.165) is 44.3 Å². The van der Waals surface area contributed by atoms with Gasteiger partial charge in [-0.2, -0.15) is 0 Å². The van der Waals surface area contributed by atoms with Gasteiger partial charge in [-0.15, -0.1) is 0 Å². The third-order valence-electron chi connectivity index (χ3n) is 8.27. The molecule has 0 saturated carbocycles. The van der Waals surface area contributed by atoms with E-state index in [0.29, 0.717) is 37.1 Å². The molecule has 43 heavy (non-hydrogen) atoms. The Labute approximate surface area is 265 Å².